The number of halogens is 1. The minimum Gasteiger partial charge on any atom is -0.336 e. The van der Waals surface area contributed by atoms with Gasteiger partial charge in [-0.15, -0.1) is 12.4 Å². The van der Waals surface area contributed by atoms with Gasteiger partial charge < -0.3 is 9.88 Å². The van der Waals surface area contributed by atoms with Gasteiger partial charge >= 0.3 is 0 Å². The molecule has 3 heterocycles. The third-order valence-corrected chi connectivity index (χ3v) is 5.65. The largest absolute Gasteiger partial charge is 0.336 e. The van der Waals surface area contributed by atoms with E-state index in [0.717, 1.165) is 19.6 Å². The lowest BCUT2D eigenvalue weighted by Crippen LogP contribution is -2.32. The molecule has 2 aliphatic rings. The van der Waals surface area contributed by atoms with Crippen molar-refractivity contribution < 1.29 is 8.42 Å². The summed E-state index contributed by atoms with van der Waals surface area (Å²) in [5.41, 5.74) is 0. The Morgan fingerprint density at radius 3 is 2.53 bits per heavy atom. The number of aryl methyl sites for hydroxylation is 1. The molecule has 0 saturated carbocycles. The van der Waals surface area contributed by atoms with Crippen LogP contribution in [0.1, 0.15) is 6.92 Å². The summed E-state index contributed by atoms with van der Waals surface area (Å²) in [6.45, 7) is 5.81. The highest BCUT2D eigenvalue weighted by Gasteiger charge is 2.42. The van der Waals surface area contributed by atoms with E-state index in [-0.39, 0.29) is 17.4 Å². The van der Waals surface area contributed by atoms with Crippen LogP contribution in [0, 0.1) is 11.8 Å². The van der Waals surface area contributed by atoms with E-state index >= 15 is 0 Å². The van der Waals surface area contributed by atoms with E-state index in [1.807, 2.05) is 6.92 Å². The molecule has 1 aromatic rings. The Morgan fingerprint density at radius 2 is 2.00 bits per heavy atom. The second kappa shape index (κ2) is 5.40. The molecule has 3 rings (SSSR count). The van der Waals surface area contributed by atoms with Gasteiger partial charge in [-0.1, -0.05) is 0 Å². The fourth-order valence-corrected chi connectivity index (χ4v) is 4.28. The molecule has 1 N–H and O–H groups in total. The molecule has 0 spiro atoms. The lowest BCUT2D eigenvalue weighted by Gasteiger charge is -2.15. The summed E-state index contributed by atoms with van der Waals surface area (Å²) in [6, 6.07) is 0. The van der Waals surface area contributed by atoms with Gasteiger partial charge in [0.15, 0.2) is 5.03 Å². The Bertz CT molecular complexity index is 533. The van der Waals surface area contributed by atoms with Gasteiger partial charge in [-0.2, -0.15) is 4.31 Å². The maximum atomic E-state index is 12.4. The minimum absolute atomic E-state index is 0. The minimum atomic E-state index is -3.40. The number of sulfonamides is 1. The van der Waals surface area contributed by atoms with Gasteiger partial charge in [0.1, 0.15) is 0 Å². The quantitative estimate of drug-likeness (QED) is 0.864. The molecule has 0 radical (unpaired) electrons. The van der Waals surface area contributed by atoms with Crippen molar-refractivity contribution in [1.29, 1.82) is 0 Å². The van der Waals surface area contributed by atoms with Gasteiger partial charge in [0.05, 0.1) is 6.33 Å². The Hall–Kier alpha value is -0.630. The molecule has 1 aromatic heterocycles. The van der Waals surface area contributed by atoms with E-state index in [0.29, 0.717) is 24.9 Å². The molecule has 2 atom stereocenters. The van der Waals surface area contributed by atoms with Crippen LogP contribution in [0.5, 0.6) is 0 Å². The van der Waals surface area contributed by atoms with Crippen LogP contribution in [0.3, 0.4) is 0 Å². The summed E-state index contributed by atoms with van der Waals surface area (Å²) in [7, 11) is -3.40. The molecular formula is C11H19ClN4O2S. The van der Waals surface area contributed by atoms with Gasteiger partial charge in [0.25, 0.3) is 10.0 Å². The summed E-state index contributed by atoms with van der Waals surface area (Å²) in [6.07, 6.45) is 3.19. The highest BCUT2D eigenvalue weighted by molar-refractivity contribution is 7.89. The van der Waals surface area contributed by atoms with Crippen molar-refractivity contribution in [3.63, 3.8) is 0 Å². The third kappa shape index (κ3) is 2.52. The molecule has 19 heavy (non-hydrogen) atoms. The Balaban J connectivity index is 0.00000133. The predicted octanol–water partition coefficient (Wildman–Crippen LogP) is 0.165. The second-order valence-electron chi connectivity index (χ2n) is 5.04. The van der Waals surface area contributed by atoms with Crippen LogP contribution in [0.4, 0.5) is 0 Å². The first-order chi connectivity index (χ1) is 8.61. The summed E-state index contributed by atoms with van der Waals surface area (Å²) < 4.78 is 28.2. The monoisotopic (exact) mass is 306 g/mol. The van der Waals surface area contributed by atoms with Crippen LogP contribution >= 0.6 is 12.4 Å². The number of fused-ring (bicyclic) bond motifs is 1. The second-order valence-corrected chi connectivity index (χ2v) is 6.93. The molecule has 108 valence electrons. The normalized spacial score (nSPS) is 27.2. The van der Waals surface area contributed by atoms with Crippen molar-refractivity contribution in [3.05, 3.63) is 12.5 Å². The summed E-state index contributed by atoms with van der Waals surface area (Å²) in [5, 5.41) is 3.49. The molecule has 2 saturated heterocycles. The number of nitrogens with one attached hydrogen (secondary N) is 1. The van der Waals surface area contributed by atoms with Crippen molar-refractivity contribution in [3.8, 4) is 0 Å². The van der Waals surface area contributed by atoms with Crippen molar-refractivity contribution in [2.45, 2.75) is 18.5 Å². The molecule has 8 heteroatoms. The van der Waals surface area contributed by atoms with E-state index in [9.17, 15) is 8.42 Å². The zero-order valence-electron chi connectivity index (χ0n) is 10.8. The van der Waals surface area contributed by atoms with E-state index < -0.39 is 10.0 Å². The Labute approximate surface area is 119 Å². The zero-order valence-corrected chi connectivity index (χ0v) is 12.5. The summed E-state index contributed by atoms with van der Waals surface area (Å²) in [4.78, 5) is 4.01. The smallest absolute Gasteiger partial charge is 0.262 e. The fourth-order valence-electron chi connectivity index (χ4n) is 2.79. The number of hydrogen-bond donors (Lipinski definition) is 1. The van der Waals surface area contributed by atoms with Crippen LogP contribution in [0.15, 0.2) is 17.6 Å². The molecule has 0 aromatic carbocycles. The van der Waals surface area contributed by atoms with Crippen LogP contribution in [-0.2, 0) is 16.6 Å². The van der Waals surface area contributed by atoms with E-state index in [1.165, 1.54) is 0 Å². The highest BCUT2D eigenvalue weighted by Crippen LogP contribution is 2.30. The number of aromatic nitrogens is 2. The first-order valence-corrected chi connectivity index (χ1v) is 7.78. The first kappa shape index (κ1) is 14.8. The predicted molar refractivity (Wildman–Crippen MR) is 73.8 cm³/mol. The molecule has 0 aliphatic carbocycles. The maximum absolute atomic E-state index is 12.4. The first-order valence-electron chi connectivity index (χ1n) is 6.34. The van der Waals surface area contributed by atoms with E-state index in [1.54, 1.807) is 21.4 Å². The molecule has 2 fully saturated rings. The lowest BCUT2D eigenvalue weighted by molar-refractivity contribution is 0.446. The number of rotatable bonds is 3. The summed E-state index contributed by atoms with van der Waals surface area (Å²) in [5.74, 6) is 0.932. The SMILES string of the molecule is CCn1cnc(S(=O)(=O)N2C[C@H]3CNC[C@H]3C2)c1.Cl. The van der Waals surface area contributed by atoms with Gasteiger partial charge in [-0.25, -0.2) is 13.4 Å². The van der Waals surface area contributed by atoms with Crippen LogP contribution < -0.4 is 5.32 Å². The lowest BCUT2D eigenvalue weighted by atomic mass is 10.0. The molecule has 0 bridgehead atoms. The van der Waals surface area contributed by atoms with E-state index in [4.69, 9.17) is 0 Å². The van der Waals surface area contributed by atoms with Crippen LogP contribution in [0.25, 0.3) is 0 Å². The highest BCUT2D eigenvalue weighted by atomic mass is 35.5. The average Bonchev–Trinajstić information content (AvgIpc) is 3.03. The Morgan fingerprint density at radius 1 is 1.37 bits per heavy atom. The third-order valence-electron chi connectivity index (χ3n) is 3.93. The Kier molecular flexibility index (Phi) is 4.20. The van der Waals surface area contributed by atoms with Gasteiger partial charge in [-0.3, -0.25) is 0 Å². The number of hydrogen-bond acceptors (Lipinski definition) is 4. The van der Waals surface area contributed by atoms with Crippen molar-refractivity contribution in [2.24, 2.45) is 11.8 Å². The van der Waals surface area contributed by atoms with Gasteiger partial charge in [0.2, 0.25) is 0 Å². The zero-order chi connectivity index (χ0) is 12.8. The van der Waals surface area contributed by atoms with Crippen molar-refractivity contribution in [1.82, 2.24) is 19.2 Å². The number of imidazole rings is 1. The maximum Gasteiger partial charge on any atom is 0.262 e. The molecule has 6 nitrogen and oxygen atoms in total. The average molecular weight is 307 g/mol. The molecule has 0 amide bonds. The molecule has 2 aliphatic heterocycles. The standard InChI is InChI=1S/C11H18N4O2S.ClH/c1-2-14-7-11(13-8-14)18(16,17)15-5-9-3-12-4-10(9)6-15;/h7-10,12H,2-6H2,1H3;1H/t9-,10+;. The van der Waals surface area contributed by atoms with Gasteiger partial charge in [-0.05, 0) is 31.8 Å². The fraction of sp³-hybridized carbons (Fsp3) is 0.727. The van der Waals surface area contributed by atoms with Gasteiger partial charge in [0, 0.05) is 25.8 Å². The van der Waals surface area contributed by atoms with Crippen molar-refractivity contribution >= 4 is 22.4 Å². The van der Waals surface area contributed by atoms with Crippen LogP contribution in [-0.4, -0.2) is 48.5 Å². The van der Waals surface area contributed by atoms with Crippen LogP contribution in [0.2, 0.25) is 0 Å². The topological polar surface area (TPSA) is 67.2 Å². The number of nitrogens with zero attached hydrogens (tertiary/aromatic N) is 3. The van der Waals surface area contributed by atoms with E-state index in [2.05, 4.69) is 10.3 Å². The summed E-state index contributed by atoms with van der Waals surface area (Å²) >= 11 is 0. The molecular weight excluding hydrogens is 288 g/mol. The molecule has 0 unspecified atom stereocenters. The van der Waals surface area contributed by atoms with Crippen molar-refractivity contribution in [2.75, 3.05) is 26.2 Å².